The average molecular weight is 285 g/mol. The van der Waals surface area contributed by atoms with Crippen LogP contribution in [0.3, 0.4) is 0 Å². The highest BCUT2D eigenvalue weighted by molar-refractivity contribution is 6.05. The highest BCUT2D eigenvalue weighted by Gasteiger charge is 2.20. The Hall–Kier alpha value is -1.98. The minimum absolute atomic E-state index is 0.00257. The maximum atomic E-state index is 12.7. The molecule has 1 aliphatic heterocycles. The van der Waals surface area contributed by atoms with Crippen LogP contribution in [0.15, 0.2) is 36.5 Å². The number of carbonyl (C=O) groups excluding carboxylic acids is 1. The van der Waals surface area contributed by atoms with Crippen molar-refractivity contribution in [3.8, 4) is 0 Å². The van der Waals surface area contributed by atoms with Crippen LogP contribution in [-0.4, -0.2) is 55.2 Å². The Bertz CT molecular complexity index is 633. The van der Waals surface area contributed by atoms with Crippen LogP contribution < -0.4 is 5.32 Å². The number of nitrogens with zero attached hydrogens (tertiary/aromatic N) is 2. The van der Waals surface area contributed by atoms with Gasteiger partial charge in [-0.2, -0.15) is 0 Å². The highest BCUT2D eigenvalue weighted by atomic mass is 16.5. The summed E-state index contributed by atoms with van der Waals surface area (Å²) in [6.07, 6.45) is 1.74. The van der Waals surface area contributed by atoms with Crippen molar-refractivity contribution in [1.82, 2.24) is 15.2 Å². The molecule has 1 amide bonds. The van der Waals surface area contributed by atoms with Gasteiger partial charge in [0.05, 0.1) is 23.8 Å². The third-order valence-electron chi connectivity index (χ3n) is 3.71. The van der Waals surface area contributed by atoms with E-state index in [9.17, 15) is 4.79 Å². The number of para-hydroxylation sites is 1. The lowest BCUT2D eigenvalue weighted by Crippen LogP contribution is -2.45. The zero-order valence-corrected chi connectivity index (χ0v) is 12.1. The monoisotopic (exact) mass is 285 g/mol. The van der Waals surface area contributed by atoms with Crippen LogP contribution in [0.4, 0.5) is 0 Å². The molecule has 0 spiro atoms. The molecule has 3 rings (SSSR count). The lowest BCUT2D eigenvalue weighted by molar-refractivity contribution is 0.0104. The van der Waals surface area contributed by atoms with Gasteiger partial charge in [-0.05, 0) is 12.1 Å². The van der Waals surface area contributed by atoms with E-state index in [0.29, 0.717) is 18.7 Å². The van der Waals surface area contributed by atoms with E-state index in [1.54, 1.807) is 17.2 Å². The van der Waals surface area contributed by atoms with Crippen molar-refractivity contribution in [2.75, 3.05) is 33.3 Å². The van der Waals surface area contributed by atoms with E-state index in [1.165, 1.54) is 0 Å². The fraction of sp³-hybridized carbons (Fsp3) is 0.375. The summed E-state index contributed by atoms with van der Waals surface area (Å²) in [5.41, 5.74) is 1.53. The largest absolute Gasteiger partial charge is 0.374 e. The number of likely N-dealkylation sites (N-methyl/N-ethyl adjacent to an activating group) is 1. The second-order valence-corrected chi connectivity index (χ2v) is 5.26. The number of hydrogen-bond donors (Lipinski definition) is 1. The summed E-state index contributed by atoms with van der Waals surface area (Å²) in [6, 6.07) is 9.48. The minimum atomic E-state index is 0.00257. The van der Waals surface area contributed by atoms with Crippen LogP contribution in [0, 0.1) is 0 Å². The summed E-state index contributed by atoms with van der Waals surface area (Å²) < 4.78 is 5.65. The predicted molar refractivity (Wildman–Crippen MR) is 81.3 cm³/mol. The molecular formula is C16H19N3O2. The molecule has 1 saturated heterocycles. The summed E-state index contributed by atoms with van der Waals surface area (Å²) in [4.78, 5) is 18.7. The first-order chi connectivity index (χ1) is 10.3. The predicted octanol–water partition coefficient (Wildman–Crippen LogP) is 1.30. The summed E-state index contributed by atoms with van der Waals surface area (Å²) in [7, 11) is 1.81. The van der Waals surface area contributed by atoms with Gasteiger partial charge in [0.25, 0.3) is 5.91 Å². The van der Waals surface area contributed by atoms with Crippen LogP contribution >= 0.6 is 0 Å². The second kappa shape index (κ2) is 6.20. The fourth-order valence-corrected chi connectivity index (χ4v) is 2.61. The molecule has 1 fully saturated rings. The molecule has 1 aliphatic rings. The van der Waals surface area contributed by atoms with E-state index in [-0.39, 0.29) is 12.0 Å². The van der Waals surface area contributed by atoms with E-state index in [0.717, 1.165) is 24.0 Å². The average Bonchev–Trinajstić information content (AvgIpc) is 2.54. The molecule has 1 aromatic carbocycles. The molecule has 1 N–H and O–H groups in total. The van der Waals surface area contributed by atoms with Crippen molar-refractivity contribution < 1.29 is 9.53 Å². The number of fused-ring (bicyclic) bond motifs is 1. The number of carbonyl (C=O) groups is 1. The number of nitrogens with one attached hydrogen (secondary N) is 1. The minimum Gasteiger partial charge on any atom is -0.374 e. The first-order valence-corrected chi connectivity index (χ1v) is 7.17. The smallest absolute Gasteiger partial charge is 0.254 e. The Kier molecular flexibility index (Phi) is 4.13. The van der Waals surface area contributed by atoms with Gasteiger partial charge in [-0.25, -0.2) is 0 Å². The maximum Gasteiger partial charge on any atom is 0.254 e. The molecule has 0 bridgehead atoms. The Morgan fingerprint density at radius 2 is 2.29 bits per heavy atom. The molecule has 0 aliphatic carbocycles. The normalized spacial score (nSPS) is 18.6. The van der Waals surface area contributed by atoms with Gasteiger partial charge in [0, 0.05) is 38.3 Å². The number of pyridine rings is 1. The van der Waals surface area contributed by atoms with Crippen LogP contribution in [0.2, 0.25) is 0 Å². The number of rotatable bonds is 3. The van der Waals surface area contributed by atoms with Crippen molar-refractivity contribution in [2.45, 2.75) is 6.10 Å². The van der Waals surface area contributed by atoms with Gasteiger partial charge in [-0.3, -0.25) is 9.78 Å². The molecule has 1 atom stereocenters. The van der Waals surface area contributed by atoms with E-state index in [1.807, 2.05) is 31.3 Å². The van der Waals surface area contributed by atoms with Gasteiger partial charge in [-0.1, -0.05) is 18.2 Å². The molecule has 21 heavy (non-hydrogen) atoms. The molecule has 0 radical (unpaired) electrons. The number of amides is 1. The van der Waals surface area contributed by atoms with Crippen LogP contribution in [0.25, 0.3) is 10.9 Å². The molecule has 110 valence electrons. The summed E-state index contributed by atoms with van der Waals surface area (Å²) >= 11 is 0. The number of ether oxygens (including phenoxy) is 1. The molecular weight excluding hydrogens is 266 g/mol. The summed E-state index contributed by atoms with van der Waals surface area (Å²) in [6.45, 7) is 2.95. The zero-order chi connectivity index (χ0) is 14.7. The van der Waals surface area contributed by atoms with Crippen LogP contribution in [-0.2, 0) is 4.74 Å². The topological polar surface area (TPSA) is 54.5 Å². The van der Waals surface area contributed by atoms with Gasteiger partial charge in [-0.15, -0.1) is 0 Å². The summed E-state index contributed by atoms with van der Waals surface area (Å²) in [5, 5.41) is 4.16. The lowest BCUT2D eigenvalue weighted by atomic mass is 10.1. The van der Waals surface area contributed by atoms with Gasteiger partial charge in [0.2, 0.25) is 0 Å². The first kappa shape index (κ1) is 14.0. The number of hydrogen-bond acceptors (Lipinski definition) is 4. The van der Waals surface area contributed by atoms with Gasteiger partial charge < -0.3 is 15.0 Å². The number of benzene rings is 1. The maximum absolute atomic E-state index is 12.7. The van der Waals surface area contributed by atoms with Crippen molar-refractivity contribution in [3.05, 3.63) is 42.1 Å². The molecule has 1 unspecified atom stereocenters. The van der Waals surface area contributed by atoms with E-state index in [4.69, 9.17) is 4.74 Å². The van der Waals surface area contributed by atoms with Gasteiger partial charge >= 0.3 is 0 Å². The Labute approximate surface area is 123 Å². The van der Waals surface area contributed by atoms with Crippen molar-refractivity contribution in [2.24, 2.45) is 0 Å². The molecule has 1 aromatic heterocycles. The molecule has 2 aromatic rings. The standard InChI is InChI=1S/C16H19N3O2/c1-19(11-12-10-17-8-9-21-12)16(20)14-6-7-18-15-5-3-2-4-13(14)15/h2-7,12,17H,8-11H2,1H3. The van der Waals surface area contributed by atoms with E-state index >= 15 is 0 Å². The Balaban J connectivity index is 1.79. The highest BCUT2D eigenvalue weighted by Crippen LogP contribution is 2.17. The lowest BCUT2D eigenvalue weighted by Gasteiger charge is -2.28. The van der Waals surface area contributed by atoms with Gasteiger partial charge in [0.15, 0.2) is 0 Å². The van der Waals surface area contributed by atoms with E-state index in [2.05, 4.69) is 10.3 Å². The van der Waals surface area contributed by atoms with Crippen LogP contribution in [0.1, 0.15) is 10.4 Å². The SMILES string of the molecule is CN(CC1CNCCO1)C(=O)c1ccnc2ccccc12. The third kappa shape index (κ3) is 3.04. The second-order valence-electron chi connectivity index (χ2n) is 5.26. The number of morpholine rings is 1. The van der Waals surface area contributed by atoms with E-state index < -0.39 is 0 Å². The van der Waals surface area contributed by atoms with Crippen molar-refractivity contribution in [1.29, 1.82) is 0 Å². The van der Waals surface area contributed by atoms with Gasteiger partial charge in [0.1, 0.15) is 0 Å². The zero-order valence-electron chi connectivity index (χ0n) is 12.1. The fourth-order valence-electron chi connectivity index (χ4n) is 2.61. The third-order valence-corrected chi connectivity index (χ3v) is 3.71. The molecule has 2 heterocycles. The molecule has 0 saturated carbocycles. The van der Waals surface area contributed by atoms with Crippen molar-refractivity contribution >= 4 is 16.8 Å². The first-order valence-electron chi connectivity index (χ1n) is 7.17. The van der Waals surface area contributed by atoms with Crippen LogP contribution in [0.5, 0.6) is 0 Å². The van der Waals surface area contributed by atoms with Crippen molar-refractivity contribution in [3.63, 3.8) is 0 Å². The summed E-state index contributed by atoms with van der Waals surface area (Å²) in [5.74, 6) is 0.00257. The molecule has 5 nitrogen and oxygen atoms in total. The Morgan fingerprint density at radius 1 is 1.43 bits per heavy atom. The number of aromatic nitrogens is 1. The Morgan fingerprint density at radius 3 is 3.10 bits per heavy atom. The quantitative estimate of drug-likeness (QED) is 0.923. The molecule has 5 heteroatoms.